The zero-order chi connectivity index (χ0) is 10.1. The van der Waals surface area contributed by atoms with Crippen molar-refractivity contribution in [2.45, 2.75) is 19.8 Å². The first-order valence-corrected chi connectivity index (χ1v) is 5.69. The van der Waals surface area contributed by atoms with Crippen LogP contribution in [0.15, 0.2) is 16.6 Å². The molecule has 0 spiro atoms. The highest BCUT2D eigenvalue weighted by Gasteiger charge is 2.16. The maximum absolute atomic E-state index is 13.6. The van der Waals surface area contributed by atoms with Crippen LogP contribution < -0.4 is 4.90 Å². The van der Waals surface area contributed by atoms with Gasteiger partial charge in [0.1, 0.15) is 5.82 Å². The van der Waals surface area contributed by atoms with Gasteiger partial charge in [-0.15, -0.1) is 0 Å². The number of hydrogen-bond acceptors (Lipinski definition) is 1. The summed E-state index contributed by atoms with van der Waals surface area (Å²) in [6.07, 6.45) is 2.44. The van der Waals surface area contributed by atoms with E-state index in [0.29, 0.717) is 4.47 Å². The summed E-state index contributed by atoms with van der Waals surface area (Å²) in [5.74, 6) is -0.130. The molecule has 1 aliphatic heterocycles. The topological polar surface area (TPSA) is 3.24 Å². The van der Waals surface area contributed by atoms with E-state index in [1.807, 2.05) is 13.0 Å². The van der Waals surface area contributed by atoms with Gasteiger partial charge in [-0.1, -0.05) is 0 Å². The lowest BCUT2D eigenvalue weighted by Crippen LogP contribution is -2.19. The molecule has 1 saturated heterocycles. The fraction of sp³-hybridized carbons (Fsp3) is 0.455. The quantitative estimate of drug-likeness (QED) is 0.745. The second-order valence-electron chi connectivity index (χ2n) is 3.70. The monoisotopic (exact) mass is 257 g/mol. The van der Waals surface area contributed by atoms with E-state index in [9.17, 15) is 4.39 Å². The molecule has 1 aromatic carbocycles. The van der Waals surface area contributed by atoms with Gasteiger partial charge < -0.3 is 4.90 Å². The molecular weight excluding hydrogens is 245 g/mol. The average Bonchev–Trinajstić information content (AvgIpc) is 2.67. The highest BCUT2D eigenvalue weighted by molar-refractivity contribution is 9.10. The van der Waals surface area contributed by atoms with Crippen molar-refractivity contribution in [3.05, 3.63) is 28.0 Å². The Kier molecular flexibility index (Phi) is 2.77. The molecule has 0 saturated carbocycles. The Bertz CT molecular complexity index is 345. The Hall–Kier alpha value is -0.570. The summed E-state index contributed by atoms with van der Waals surface area (Å²) in [5.41, 5.74) is 1.80. The van der Waals surface area contributed by atoms with E-state index in [1.165, 1.54) is 12.8 Å². The first kappa shape index (κ1) is 9.97. The van der Waals surface area contributed by atoms with Crippen LogP contribution in [0.4, 0.5) is 10.1 Å². The normalized spacial score (nSPS) is 16.4. The third-order valence-electron chi connectivity index (χ3n) is 2.76. The van der Waals surface area contributed by atoms with Crippen molar-refractivity contribution >= 4 is 21.6 Å². The van der Waals surface area contributed by atoms with Gasteiger partial charge in [0.15, 0.2) is 0 Å². The van der Waals surface area contributed by atoms with E-state index in [-0.39, 0.29) is 5.82 Å². The van der Waals surface area contributed by atoms with Gasteiger partial charge in [-0.3, -0.25) is 0 Å². The third kappa shape index (κ3) is 1.65. The van der Waals surface area contributed by atoms with E-state index in [1.54, 1.807) is 6.07 Å². The Morgan fingerprint density at radius 3 is 2.57 bits per heavy atom. The maximum atomic E-state index is 13.6. The van der Waals surface area contributed by atoms with Crippen LogP contribution >= 0.6 is 15.9 Å². The molecule has 0 radical (unpaired) electrons. The maximum Gasteiger partial charge on any atom is 0.142 e. The van der Waals surface area contributed by atoms with Crippen molar-refractivity contribution in [2.75, 3.05) is 18.0 Å². The van der Waals surface area contributed by atoms with Gasteiger partial charge in [-0.2, -0.15) is 0 Å². The number of nitrogens with zero attached hydrogens (tertiary/aromatic N) is 1. The second kappa shape index (κ2) is 3.89. The van der Waals surface area contributed by atoms with Gasteiger partial charge >= 0.3 is 0 Å². The summed E-state index contributed by atoms with van der Waals surface area (Å²) < 4.78 is 14.1. The lowest BCUT2D eigenvalue weighted by atomic mass is 10.2. The van der Waals surface area contributed by atoms with Crippen molar-refractivity contribution in [1.82, 2.24) is 0 Å². The van der Waals surface area contributed by atoms with Gasteiger partial charge in [0.25, 0.3) is 0 Å². The Morgan fingerprint density at radius 2 is 1.93 bits per heavy atom. The van der Waals surface area contributed by atoms with Crippen molar-refractivity contribution in [2.24, 2.45) is 0 Å². The van der Waals surface area contributed by atoms with E-state index in [2.05, 4.69) is 20.8 Å². The number of rotatable bonds is 1. The summed E-state index contributed by atoms with van der Waals surface area (Å²) in [4.78, 5) is 2.25. The van der Waals surface area contributed by atoms with Gasteiger partial charge in [0.2, 0.25) is 0 Å². The smallest absolute Gasteiger partial charge is 0.142 e. The van der Waals surface area contributed by atoms with Crippen LogP contribution in [-0.2, 0) is 0 Å². The average molecular weight is 258 g/mol. The predicted octanol–water partition coefficient (Wildman–Crippen LogP) is 3.50. The molecule has 0 N–H and O–H groups in total. The van der Waals surface area contributed by atoms with Gasteiger partial charge in [-0.05, 0) is 47.8 Å². The lowest BCUT2D eigenvalue weighted by Gasteiger charge is -2.20. The molecule has 1 aromatic rings. The van der Waals surface area contributed by atoms with Crippen molar-refractivity contribution in [1.29, 1.82) is 0 Å². The number of benzene rings is 1. The molecular formula is C11H13BrFN. The van der Waals surface area contributed by atoms with Crippen molar-refractivity contribution < 1.29 is 4.39 Å². The highest BCUT2D eigenvalue weighted by Crippen LogP contribution is 2.29. The van der Waals surface area contributed by atoms with E-state index in [0.717, 1.165) is 24.3 Å². The summed E-state index contributed by atoms with van der Waals surface area (Å²) in [6, 6.07) is 3.78. The van der Waals surface area contributed by atoms with Crippen LogP contribution in [0.25, 0.3) is 0 Å². The molecule has 1 fully saturated rings. The van der Waals surface area contributed by atoms with Gasteiger partial charge in [0, 0.05) is 24.3 Å². The second-order valence-corrected chi connectivity index (χ2v) is 4.55. The standard InChI is InChI=1S/C11H13BrFN/c1-8-10(14-6-2-3-7-14)5-4-9(12)11(8)13/h4-5H,2-3,6-7H2,1H3. The molecule has 0 unspecified atom stereocenters. The summed E-state index contributed by atoms with van der Waals surface area (Å²) >= 11 is 3.20. The molecule has 0 atom stereocenters. The molecule has 0 bridgehead atoms. The SMILES string of the molecule is Cc1c(N2CCCC2)ccc(Br)c1F. The number of anilines is 1. The minimum Gasteiger partial charge on any atom is -0.371 e. The molecule has 2 rings (SSSR count). The predicted molar refractivity (Wildman–Crippen MR) is 60.3 cm³/mol. The molecule has 3 heteroatoms. The van der Waals surface area contributed by atoms with Gasteiger partial charge in [0.05, 0.1) is 4.47 Å². The third-order valence-corrected chi connectivity index (χ3v) is 3.37. The van der Waals surface area contributed by atoms with Crippen LogP contribution in [0.5, 0.6) is 0 Å². The summed E-state index contributed by atoms with van der Waals surface area (Å²) in [5, 5.41) is 0. The molecule has 0 aliphatic carbocycles. The van der Waals surface area contributed by atoms with E-state index >= 15 is 0 Å². The molecule has 0 amide bonds. The summed E-state index contributed by atoms with van der Waals surface area (Å²) in [7, 11) is 0. The molecule has 14 heavy (non-hydrogen) atoms. The zero-order valence-electron chi connectivity index (χ0n) is 8.19. The largest absolute Gasteiger partial charge is 0.371 e. The molecule has 0 aromatic heterocycles. The first-order chi connectivity index (χ1) is 6.70. The highest BCUT2D eigenvalue weighted by atomic mass is 79.9. The lowest BCUT2D eigenvalue weighted by molar-refractivity contribution is 0.611. The number of hydrogen-bond donors (Lipinski definition) is 0. The minimum absolute atomic E-state index is 0.130. The Morgan fingerprint density at radius 1 is 1.29 bits per heavy atom. The molecule has 1 nitrogen and oxygen atoms in total. The Labute approximate surface area is 92.0 Å². The van der Waals surface area contributed by atoms with Crippen LogP contribution in [0.2, 0.25) is 0 Å². The summed E-state index contributed by atoms with van der Waals surface area (Å²) in [6.45, 7) is 3.96. The van der Waals surface area contributed by atoms with Crippen LogP contribution in [0.3, 0.4) is 0 Å². The van der Waals surface area contributed by atoms with Crippen molar-refractivity contribution in [3.63, 3.8) is 0 Å². The van der Waals surface area contributed by atoms with E-state index in [4.69, 9.17) is 0 Å². The van der Waals surface area contributed by atoms with Crippen molar-refractivity contribution in [3.8, 4) is 0 Å². The molecule has 76 valence electrons. The molecule has 1 aliphatic rings. The van der Waals surface area contributed by atoms with Crippen LogP contribution in [-0.4, -0.2) is 13.1 Å². The Balaban J connectivity index is 2.38. The zero-order valence-corrected chi connectivity index (χ0v) is 9.77. The molecule has 1 heterocycles. The first-order valence-electron chi connectivity index (χ1n) is 4.89. The fourth-order valence-electron chi connectivity index (χ4n) is 1.94. The van der Waals surface area contributed by atoms with Crippen LogP contribution in [0.1, 0.15) is 18.4 Å². The number of halogens is 2. The van der Waals surface area contributed by atoms with Gasteiger partial charge in [-0.25, -0.2) is 4.39 Å². The minimum atomic E-state index is -0.130. The fourth-order valence-corrected chi connectivity index (χ4v) is 2.37. The van der Waals surface area contributed by atoms with E-state index < -0.39 is 0 Å². The van der Waals surface area contributed by atoms with Crippen LogP contribution in [0, 0.1) is 12.7 Å².